The Bertz CT molecular complexity index is 291. The zero-order chi connectivity index (χ0) is 13.7. The molecule has 2 rings (SSSR count). The van der Waals surface area contributed by atoms with Crippen molar-refractivity contribution in [2.75, 3.05) is 0 Å². The number of carbonyl (C=O) groups is 1. The monoisotopic (exact) mass is 266 g/mol. The Labute approximate surface area is 117 Å². The number of amides is 1. The van der Waals surface area contributed by atoms with E-state index in [1.165, 1.54) is 57.8 Å². The molecule has 0 spiro atoms. The first kappa shape index (κ1) is 14.8. The lowest BCUT2D eigenvalue weighted by molar-refractivity contribution is -0.127. The van der Waals surface area contributed by atoms with Crippen LogP contribution in [0.25, 0.3) is 0 Å². The van der Waals surface area contributed by atoms with Crippen molar-refractivity contribution in [3.8, 4) is 0 Å². The first-order chi connectivity index (χ1) is 9.13. The van der Waals surface area contributed by atoms with Gasteiger partial charge in [-0.15, -0.1) is 0 Å². The number of rotatable bonds is 4. The zero-order valence-electron chi connectivity index (χ0n) is 12.4. The molecule has 0 aromatic heterocycles. The van der Waals surface area contributed by atoms with Gasteiger partial charge in [0.1, 0.15) is 0 Å². The minimum Gasteiger partial charge on any atom is -0.368 e. The predicted molar refractivity (Wildman–Crippen MR) is 78.8 cm³/mol. The van der Waals surface area contributed by atoms with Crippen molar-refractivity contribution in [1.29, 1.82) is 0 Å². The molecule has 2 aliphatic carbocycles. The van der Waals surface area contributed by atoms with Crippen LogP contribution in [0.15, 0.2) is 0 Å². The van der Waals surface area contributed by atoms with Gasteiger partial charge < -0.3 is 11.1 Å². The molecule has 0 bridgehead atoms. The van der Waals surface area contributed by atoms with Gasteiger partial charge in [-0.25, -0.2) is 0 Å². The van der Waals surface area contributed by atoms with E-state index >= 15 is 0 Å². The van der Waals surface area contributed by atoms with Gasteiger partial charge in [-0.3, -0.25) is 4.79 Å². The van der Waals surface area contributed by atoms with Gasteiger partial charge in [0.05, 0.1) is 5.54 Å². The van der Waals surface area contributed by atoms with Crippen LogP contribution in [-0.4, -0.2) is 17.5 Å². The van der Waals surface area contributed by atoms with E-state index in [0.29, 0.717) is 12.0 Å². The highest BCUT2D eigenvalue weighted by Crippen LogP contribution is 2.34. The fourth-order valence-electron chi connectivity index (χ4n) is 3.92. The smallest absolute Gasteiger partial charge is 0.237 e. The average Bonchev–Trinajstić information content (AvgIpc) is 2.68. The van der Waals surface area contributed by atoms with Crippen molar-refractivity contribution in [1.82, 2.24) is 5.32 Å². The maximum Gasteiger partial charge on any atom is 0.237 e. The maximum absolute atomic E-state index is 12.0. The van der Waals surface area contributed by atoms with Gasteiger partial charge in [0.15, 0.2) is 0 Å². The minimum absolute atomic E-state index is 0.149. The molecule has 3 heteroatoms. The van der Waals surface area contributed by atoms with E-state index in [9.17, 15) is 4.79 Å². The summed E-state index contributed by atoms with van der Waals surface area (Å²) >= 11 is 0. The van der Waals surface area contributed by atoms with E-state index in [-0.39, 0.29) is 5.91 Å². The van der Waals surface area contributed by atoms with Crippen molar-refractivity contribution in [3.63, 3.8) is 0 Å². The molecule has 3 N–H and O–H groups in total. The van der Waals surface area contributed by atoms with Crippen molar-refractivity contribution in [2.24, 2.45) is 11.7 Å². The van der Waals surface area contributed by atoms with Crippen LogP contribution < -0.4 is 11.1 Å². The number of nitrogens with two attached hydrogens (primary N) is 1. The molecule has 2 fully saturated rings. The van der Waals surface area contributed by atoms with Gasteiger partial charge in [-0.05, 0) is 38.5 Å². The lowest BCUT2D eigenvalue weighted by Crippen LogP contribution is -2.61. The van der Waals surface area contributed by atoms with E-state index < -0.39 is 5.54 Å². The summed E-state index contributed by atoms with van der Waals surface area (Å²) in [5, 5.41) is 3.67. The predicted octanol–water partition coefficient (Wildman–Crippen LogP) is 3.12. The minimum atomic E-state index is -0.491. The van der Waals surface area contributed by atoms with Gasteiger partial charge in [0, 0.05) is 6.04 Å². The Balaban J connectivity index is 2.02. The van der Waals surface area contributed by atoms with Crippen LogP contribution in [0.4, 0.5) is 0 Å². The van der Waals surface area contributed by atoms with Gasteiger partial charge >= 0.3 is 0 Å². The Morgan fingerprint density at radius 1 is 0.947 bits per heavy atom. The average molecular weight is 266 g/mol. The molecule has 0 heterocycles. The summed E-state index contributed by atoms with van der Waals surface area (Å²) in [6.45, 7) is 2.05. The number of primary amides is 1. The first-order valence-electron chi connectivity index (χ1n) is 8.20. The molecule has 0 aromatic carbocycles. The molecule has 1 atom stereocenters. The third-order valence-corrected chi connectivity index (χ3v) is 5.29. The fourth-order valence-corrected chi connectivity index (χ4v) is 3.92. The van der Waals surface area contributed by atoms with E-state index in [1.807, 2.05) is 0 Å². The molecular weight excluding hydrogens is 236 g/mol. The van der Waals surface area contributed by atoms with Crippen molar-refractivity contribution >= 4 is 5.91 Å². The van der Waals surface area contributed by atoms with Crippen LogP contribution >= 0.6 is 0 Å². The lowest BCUT2D eigenvalue weighted by Gasteiger charge is -2.40. The molecule has 3 nitrogen and oxygen atoms in total. The summed E-state index contributed by atoms with van der Waals surface area (Å²) in [5.74, 6) is 0.283. The molecular formula is C16H30N2O. The van der Waals surface area contributed by atoms with Gasteiger partial charge in [-0.2, -0.15) is 0 Å². The Kier molecular flexibility index (Phi) is 5.26. The summed E-state index contributed by atoms with van der Waals surface area (Å²) < 4.78 is 0. The third kappa shape index (κ3) is 3.71. The van der Waals surface area contributed by atoms with Gasteiger partial charge in [0.2, 0.25) is 5.91 Å². The van der Waals surface area contributed by atoms with Crippen molar-refractivity contribution < 1.29 is 4.79 Å². The summed E-state index contributed by atoms with van der Waals surface area (Å²) in [5.41, 5.74) is 5.27. The maximum atomic E-state index is 12.0. The highest BCUT2D eigenvalue weighted by Gasteiger charge is 2.41. The summed E-state index contributed by atoms with van der Waals surface area (Å²) in [6, 6.07) is 0.488. The van der Waals surface area contributed by atoms with Crippen molar-refractivity contribution in [3.05, 3.63) is 0 Å². The Hall–Kier alpha value is -0.570. The second kappa shape index (κ2) is 6.74. The highest BCUT2D eigenvalue weighted by molar-refractivity contribution is 5.84. The molecule has 0 aliphatic heterocycles. The van der Waals surface area contributed by atoms with Crippen LogP contribution in [-0.2, 0) is 4.79 Å². The normalized spacial score (nSPS) is 26.6. The SMILES string of the molecule is CC(NC1CCCCCC1)(C(N)=O)C1CCCCC1. The summed E-state index contributed by atoms with van der Waals surface area (Å²) in [7, 11) is 0. The lowest BCUT2D eigenvalue weighted by atomic mass is 9.74. The number of hydrogen-bond donors (Lipinski definition) is 2. The van der Waals surface area contributed by atoms with Crippen LogP contribution in [0.1, 0.15) is 77.6 Å². The quantitative estimate of drug-likeness (QED) is 0.768. The molecule has 19 heavy (non-hydrogen) atoms. The third-order valence-electron chi connectivity index (χ3n) is 5.29. The van der Waals surface area contributed by atoms with Crippen LogP contribution in [0, 0.1) is 5.92 Å². The van der Waals surface area contributed by atoms with Crippen LogP contribution in [0.3, 0.4) is 0 Å². The van der Waals surface area contributed by atoms with Crippen LogP contribution in [0.5, 0.6) is 0 Å². The molecule has 110 valence electrons. The fraction of sp³-hybridized carbons (Fsp3) is 0.938. The van der Waals surface area contributed by atoms with E-state index in [0.717, 1.165) is 12.8 Å². The molecule has 1 amide bonds. The van der Waals surface area contributed by atoms with Crippen molar-refractivity contribution in [2.45, 2.75) is 89.1 Å². The van der Waals surface area contributed by atoms with Gasteiger partial charge in [-0.1, -0.05) is 44.9 Å². The Morgan fingerprint density at radius 2 is 1.42 bits per heavy atom. The second-order valence-corrected chi connectivity index (χ2v) is 6.73. The molecule has 2 saturated carbocycles. The largest absolute Gasteiger partial charge is 0.368 e. The molecule has 0 saturated heterocycles. The number of hydrogen-bond acceptors (Lipinski definition) is 2. The summed E-state index contributed by atoms with van der Waals surface area (Å²) in [6.07, 6.45) is 13.8. The molecule has 2 aliphatic rings. The Morgan fingerprint density at radius 3 is 1.95 bits per heavy atom. The topological polar surface area (TPSA) is 55.1 Å². The summed E-state index contributed by atoms with van der Waals surface area (Å²) in [4.78, 5) is 12.0. The van der Waals surface area contributed by atoms with E-state index in [4.69, 9.17) is 5.73 Å². The standard InChI is InChI=1S/C16H30N2O/c1-16(15(17)19,13-9-5-4-6-10-13)18-14-11-7-2-3-8-12-14/h13-14,18H,2-12H2,1H3,(H2,17,19). The molecule has 0 aromatic rings. The van der Waals surface area contributed by atoms with Crippen LogP contribution in [0.2, 0.25) is 0 Å². The number of carbonyl (C=O) groups excluding carboxylic acids is 1. The van der Waals surface area contributed by atoms with E-state index in [2.05, 4.69) is 12.2 Å². The van der Waals surface area contributed by atoms with E-state index in [1.54, 1.807) is 0 Å². The zero-order valence-corrected chi connectivity index (χ0v) is 12.4. The number of nitrogens with one attached hydrogen (secondary N) is 1. The molecule has 0 radical (unpaired) electrons. The highest BCUT2D eigenvalue weighted by atomic mass is 16.1. The first-order valence-corrected chi connectivity index (χ1v) is 8.20. The van der Waals surface area contributed by atoms with Gasteiger partial charge in [0.25, 0.3) is 0 Å². The molecule has 1 unspecified atom stereocenters. The second-order valence-electron chi connectivity index (χ2n) is 6.73.